The van der Waals surface area contributed by atoms with Gasteiger partial charge in [0.1, 0.15) is 11.6 Å². The van der Waals surface area contributed by atoms with Crippen LogP contribution in [0, 0.1) is 0 Å². The first-order valence-corrected chi connectivity index (χ1v) is 8.26. The van der Waals surface area contributed by atoms with Crippen molar-refractivity contribution in [2.45, 2.75) is 6.18 Å². The third-order valence-corrected chi connectivity index (χ3v) is 4.12. The van der Waals surface area contributed by atoms with Crippen molar-refractivity contribution in [2.24, 2.45) is 0 Å². The van der Waals surface area contributed by atoms with Gasteiger partial charge in [0, 0.05) is 6.20 Å². The molecule has 6 heteroatoms. The van der Waals surface area contributed by atoms with Crippen molar-refractivity contribution in [1.29, 1.82) is 0 Å². The van der Waals surface area contributed by atoms with Gasteiger partial charge in [-0.2, -0.15) is 13.2 Å². The van der Waals surface area contributed by atoms with E-state index in [-0.39, 0.29) is 0 Å². The lowest BCUT2D eigenvalue weighted by molar-refractivity contribution is -0.137. The molecule has 3 nitrogen and oxygen atoms in total. The third-order valence-electron chi connectivity index (χ3n) is 4.12. The fraction of sp³-hybridized carbons (Fsp3) is 0.0476. The molecule has 0 saturated carbocycles. The summed E-state index contributed by atoms with van der Waals surface area (Å²) < 4.78 is 40.2. The first-order chi connectivity index (χ1) is 13.0. The standard InChI is InChI=1S/C21H14F3N3/c22-21(23,24)16-11-13-19(25-14-16)27-18-9-5-4-8-17(18)26-20(27)12-10-15-6-2-1-3-7-15/h1-14H/b12-10+. The van der Waals surface area contributed by atoms with Gasteiger partial charge in [-0.25, -0.2) is 9.97 Å². The number of hydrogen-bond donors (Lipinski definition) is 0. The number of hydrogen-bond acceptors (Lipinski definition) is 2. The molecule has 2 heterocycles. The molecule has 0 bridgehead atoms. The molecular formula is C21H14F3N3. The van der Waals surface area contributed by atoms with Gasteiger partial charge in [-0.3, -0.25) is 4.57 Å². The Morgan fingerprint density at radius 1 is 0.815 bits per heavy atom. The van der Waals surface area contributed by atoms with Crippen LogP contribution in [0.15, 0.2) is 72.9 Å². The van der Waals surface area contributed by atoms with Crippen LogP contribution in [-0.2, 0) is 6.18 Å². The van der Waals surface area contributed by atoms with E-state index in [9.17, 15) is 13.2 Å². The first kappa shape index (κ1) is 17.0. The predicted octanol–water partition coefficient (Wildman–Crippen LogP) is 5.61. The molecule has 0 atom stereocenters. The lowest BCUT2D eigenvalue weighted by atomic mass is 10.2. The van der Waals surface area contributed by atoms with Crippen LogP contribution >= 0.6 is 0 Å². The van der Waals surface area contributed by atoms with Gasteiger partial charge in [-0.1, -0.05) is 48.5 Å². The molecule has 0 radical (unpaired) electrons. The van der Waals surface area contributed by atoms with Crippen LogP contribution in [0.3, 0.4) is 0 Å². The number of benzene rings is 2. The number of halogens is 3. The molecule has 0 aliphatic rings. The normalized spacial score (nSPS) is 12.1. The number of alkyl halides is 3. The summed E-state index contributed by atoms with van der Waals surface area (Å²) in [5.41, 5.74) is 1.73. The van der Waals surface area contributed by atoms with Crippen molar-refractivity contribution in [3.8, 4) is 5.82 Å². The van der Waals surface area contributed by atoms with Crippen molar-refractivity contribution in [3.63, 3.8) is 0 Å². The lowest BCUT2D eigenvalue weighted by Gasteiger charge is -2.09. The van der Waals surface area contributed by atoms with Crippen molar-refractivity contribution < 1.29 is 13.2 Å². The first-order valence-electron chi connectivity index (χ1n) is 8.26. The zero-order chi connectivity index (χ0) is 18.9. The van der Waals surface area contributed by atoms with E-state index in [4.69, 9.17) is 0 Å². The molecule has 2 aromatic heterocycles. The highest BCUT2D eigenvalue weighted by molar-refractivity contribution is 5.81. The largest absolute Gasteiger partial charge is 0.417 e. The maximum atomic E-state index is 12.8. The summed E-state index contributed by atoms with van der Waals surface area (Å²) in [6.45, 7) is 0. The molecular weight excluding hydrogens is 351 g/mol. The Morgan fingerprint density at radius 3 is 2.26 bits per heavy atom. The number of nitrogens with zero attached hydrogens (tertiary/aromatic N) is 3. The lowest BCUT2D eigenvalue weighted by Crippen LogP contribution is -2.07. The maximum absolute atomic E-state index is 12.8. The molecule has 0 aliphatic heterocycles. The minimum atomic E-state index is -4.42. The molecule has 0 amide bonds. The summed E-state index contributed by atoms with van der Waals surface area (Å²) >= 11 is 0. The number of pyridine rings is 1. The quantitative estimate of drug-likeness (QED) is 0.472. The molecule has 0 saturated heterocycles. The highest BCUT2D eigenvalue weighted by Gasteiger charge is 2.30. The molecule has 4 aromatic rings. The fourth-order valence-electron chi connectivity index (χ4n) is 2.82. The molecule has 0 spiro atoms. The number of para-hydroxylation sites is 2. The minimum absolute atomic E-state index is 0.379. The summed E-state index contributed by atoms with van der Waals surface area (Å²) in [6.07, 6.45) is 0.157. The highest BCUT2D eigenvalue weighted by Crippen LogP contribution is 2.29. The molecule has 0 N–H and O–H groups in total. The van der Waals surface area contributed by atoms with Gasteiger partial charge >= 0.3 is 6.18 Å². The highest BCUT2D eigenvalue weighted by atomic mass is 19.4. The maximum Gasteiger partial charge on any atom is 0.417 e. The van der Waals surface area contributed by atoms with E-state index in [1.54, 1.807) is 4.57 Å². The van der Waals surface area contributed by atoms with Crippen molar-refractivity contribution in [2.75, 3.05) is 0 Å². The molecule has 134 valence electrons. The van der Waals surface area contributed by atoms with Gasteiger partial charge in [0.05, 0.1) is 16.6 Å². The predicted molar refractivity (Wildman–Crippen MR) is 99.2 cm³/mol. The van der Waals surface area contributed by atoms with Crippen LogP contribution in [0.2, 0.25) is 0 Å². The summed E-state index contributed by atoms with van der Waals surface area (Å²) in [7, 11) is 0. The van der Waals surface area contributed by atoms with E-state index in [2.05, 4.69) is 9.97 Å². The number of aromatic nitrogens is 3. The van der Waals surface area contributed by atoms with Gasteiger partial charge in [-0.15, -0.1) is 0 Å². The van der Waals surface area contributed by atoms with Crippen LogP contribution in [-0.4, -0.2) is 14.5 Å². The average Bonchev–Trinajstić information content (AvgIpc) is 3.05. The molecule has 2 aromatic carbocycles. The zero-order valence-corrected chi connectivity index (χ0v) is 14.1. The Balaban J connectivity index is 1.82. The second-order valence-electron chi connectivity index (χ2n) is 5.94. The van der Waals surface area contributed by atoms with Crippen LogP contribution in [0.1, 0.15) is 17.0 Å². The topological polar surface area (TPSA) is 30.7 Å². The second-order valence-corrected chi connectivity index (χ2v) is 5.94. The Hall–Kier alpha value is -3.41. The minimum Gasteiger partial charge on any atom is -0.277 e. The van der Waals surface area contributed by atoms with Gasteiger partial charge in [0.2, 0.25) is 0 Å². The Labute approximate surface area is 153 Å². The summed E-state index contributed by atoms with van der Waals surface area (Å²) in [5, 5.41) is 0. The summed E-state index contributed by atoms with van der Waals surface area (Å²) in [6, 6.07) is 19.5. The zero-order valence-electron chi connectivity index (χ0n) is 14.1. The Kier molecular flexibility index (Phi) is 4.24. The van der Waals surface area contributed by atoms with Gasteiger partial charge in [-0.05, 0) is 35.9 Å². The molecule has 27 heavy (non-hydrogen) atoms. The number of rotatable bonds is 3. The van der Waals surface area contributed by atoms with E-state index in [1.165, 1.54) is 6.07 Å². The molecule has 0 aliphatic carbocycles. The monoisotopic (exact) mass is 365 g/mol. The summed E-state index contributed by atoms with van der Waals surface area (Å²) in [5.74, 6) is 0.969. The van der Waals surface area contributed by atoms with Gasteiger partial charge < -0.3 is 0 Å². The van der Waals surface area contributed by atoms with Crippen LogP contribution in [0.4, 0.5) is 13.2 Å². The van der Waals surface area contributed by atoms with Crippen molar-refractivity contribution >= 4 is 23.2 Å². The van der Waals surface area contributed by atoms with E-state index in [0.29, 0.717) is 11.6 Å². The smallest absolute Gasteiger partial charge is 0.277 e. The van der Waals surface area contributed by atoms with Crippen LogP contribution in [0.25, 0.3) is 29.0 Å². The second kappa shape index (κ2) is 6.72. The van der Waals surface area contributed by atoms with E-state index >= 15 is 0 Å². The average molecular weight is 365 g/mol. The van der Waals surface area contributed by atoms with Crippen molar-refractivity contribution in [1.82, 2.24) is 14.5 Å². The Bertz CT molecular complexity index is 1100. The van der Waals surface area contributed by atoms with Crippen LogP contribution < -0.4 is 0 Å². The fourth-order valence-corrected chi connectivity index (χ4v) is 2.82. The van der Waals surface area contributed by atoms with Crippen LogP contribution in [0.5, 0.6) is 0 Å². The third kappa shape index (κ3) is 3.46. The Morgan fingerprint density at radius 2 is 1.56 bits per heavy atom. The van der Waals surface area contributed by atoms with Gasteiger partial charge in [0.15, 0.2) is 0 Å². The van der Waals surface area contributed by atoms with E-state index in [1.807, 2.05) is 66.7 Å². The van der Waals surface area contributed by atoms with E-state index < -0.39 is 11.7 Å². The number of imidazole rings is 1. The van der Waals surface area contributed by atoms with Gasteiger partial charge in [0.25, 0.3) is 0 Å². The number of fused-ring (bicyclic) bond motifs is 1. The SMILES string of the molecule is FC(F)(F)c1ccc(-n2c(/C=C/c3ccccc3)nc3ccccc32)nc1. The van der Waals surface area contributed by atoms with Crippen molar-refractivity contribution in [3.05, 3.63) is 89.9 Å². The van der Waals surface area contributed by atoms with E-state index in [0.717, 1.165) is 28.9 Å². The molecule has 4 rings (SSSR count). The summed E-state index contributed by atoms with van der Waals surface area (Å²) in [4.78, 5) is 8.61. The molecule has 0 unspecified atom stereocenters. The molecule has 0 fully saturated rings.